The fourth-order valence-electron chi connectivity index (χ4n) is 1.98. The molecular formula is C11H8Cl2N2O. The van der Waals surface area contributed by atoms with E-state index in [9.17, 15) is 0 Å². The number of benzene rings is 1. The Morgan fingerprint density at radius 3 is 2.88 bits per heavy atom. The van der Waals surface area contributed by atoms with Crippen LogP contribution in [-0.2, 0) is 0 Å². The van der Waals surface area contributed by atoms with Gasteiger partial charge in [-0.2, -0.15) is 0 Å². The molecule has 0 spiro atoms. The lowest BCUT2D eigenvalue weighted by Gasteiger charge is -2.27. The van der Waals surface area contributed by atoms with Crippen LogP contribution in [0.1, 0.15) is 11.6 Å². The van der Waals surface area contributed by atoms with Crippen LogP contribution >= 0.6 is 23.2 Å². The summed E-state index contributed by atoms with van der Waals surface area (Å²) in [6.45, 7) is 0. The van der Waals surface area contributed by atoms with Crippen molar-refractivity contribution in [3.05, 3.63) is 40.7 Å². The fraction of sp³-hybridized carbons (Fsp3) is 0.182. The number of hydrogen-bond acceptors (Lipinski definition) is 3. The second-order valence-corrected chi connectivity index (χ2v) is 4.39. The van der Waals surface area contributed by atoms with Gasteiger partial charge in [0.1, 0.15) is 11.8 Å². The molecule has 0 radical (unpaired) electrons. The number of hydrogen-bond donors (Lipinski definition) is 0. The Morgan fingerprint density at radius 1 is 1.31 bits per heavy atom. The lowest BCUT2D eigenvalue weighted by Crippen LogP contribution is -2.31. The number of aliphatic imine (C=N–C) groups is 1. The minimum atomic E-state index is -0.0614. The molecule has 5 heteroatoms. The summed E-state index contributed by atoms with van der Waals surface area (Å²) in [5.41, 5.74) is 1.06. The molecule has 3 nitrogen and oxygen atoms in total. The molecule has 3 rings (SSSR count). The van der Waals surface area contributed by atoms with Crippen molar-refractivity contribution in [2.75, 3.05) is 7.05 Å². The minimum absolute atomic E-state index is 0.0614. The van der Waals surface area contributed by atoms with E-state index in [0.717, 1.165) is 11.3 Å². The number of fused-ring (bicyclic) bond motifs is 3. The Morgan fingerprint density at radius 2 is 2.06 bits per heavy atom. The predicted molar refractivity (Wildman–Crippen MR) is 63.7 cm³/mol. The number of likely N-dealkylation sites (N-methyl/N-ethyl adjacent to an activating group) is 1. The third-order valence-corrected chi connectivity index (χ3v) is 3.38. The predicted octanol–water partition coefficient (Wildman–Crippen LogP) is 3.07. The van der Waals surface area contributed by atoms with E-state index in [-0.39, 0.29) is 6.04 Å². The first-order chi connectivity index (χ1) is 7.68. The van der Waals surface area contributed by atoms with E-state index in [1.54, 1.807) is 0 Å². The average Bonchev–Trinajstić information content (AvgIpc) is 2.66. The van der Waals surface area contributed by atoms with Crippen molar-refractivity contribution in [1.29, 1.82) is 0 Å². The zero-order chi connectivity index (χ0) is 11.3. The molecule has 2 aliphatic heterocycles. The highest BCUT2D eigenvalue weighted by Gasteiger charge is 2.38. The SMILES string of the molecule is CN1C(Cl)=NC(Cl)=C2Oc3ccccc3C21. The molecule has 0 saturated carbocycles. The summed E-state index contributed by atoms with van der Waals surface area (Å²) in [5, 5.41) is 0.698. The van der Waals surface area contributed by atoms with Crippen LogP contribution in [0.25, 0.3) is 0 Å². The van der Waals surface area contributed by atoms with Gasteiger partial charge in [0.2, 0.25) is 5.29 Å². The molecule has 82 valence electrons. The maximum absolute atomic E-state index is 6.02. The van der Waals surface area contributed by atoms with Crippen molar-refractivity contribution in [2.24, 2.45) is 4.99 Å². The van der Waals surface area contributed by atoms with Gasteiger partial charge in [-0.15, -0.1) is 0 Å². The summed E-state index contributed by atoms with van der Waals surface area (Å²) >= 11 is 12.0. The summed E-state index contributed by atoms with van der Waals surface area (Å²) in [6, 6.07) is 7.74. The van der Waals surface area contributed by atoms with Crippen molar-refractivity contribution >= 4 is 28.5 Å². The van der Waals surface area contributed by atoms with Crippen molar-refractivity contribution < 1.29 is 4.74 Å². The molecule has 1 unspecified atom stereocenters. The first kappa shape index (κ1) is 10.00. The zero-order valence-electron chi connectivity index (χ0n) is 8.45. The zero-order valence-corrected chi connectivity index (χ0v) is 9.96. The highest BCUT2D eigenvalue weighted by Crippen LogP contribution is 2.46. The standard InChI is InChI=1S/C11H8Cl2N2O/c1-15-8-6-4-2-3-5-7(6)16-9(8)10(12)14-11(15)13/h2-5,8H,1H3. The first-order valence-electron chi connectivity index (χ1n) is 4.82. The van der Waals surface area contributed by atoms with Crippen LogP contribution in [0.15, 0.2) is 40.2 Å². The summed E-state index contributed by atoms with van der Waals surface area (Å²) in [6.07, 6.45) is 0. The molecule has 1 atom stereocenters. The molecule has 2 heterocycles. The first-order valence-corrected chi connectivity index (χ1v) is 5.57. The topological polar surface area (TPSA) is 24.8 Å². The maximum atomic E-state index is 6.02. The number of rotatable bonds is 0. The molecule has 0 fully saturated rings. The Kier molecular flexibility index (Phi) is 2.13. The smallest absolute Gasteiger partial charge is 0.200 e. The quantitative estimate of drug-likeness (QED) is 0.665. The van der Waals surface area contributed by atoms with Crippen LogP contribution in [-0.4, -0.2) is 17.2 Å². The lowest BCUT2D eigenvalue weighted by molar-refractivity contribution is 0.337. The van der Waals surface area contributed by atoms with Gasteiger partial charge in [0.05, 0.1) is 0 Å². The lowest BCUT2D eigenvalue weighted by atomic mass is 10.1. The monoisotopic (exact) mass is 254 g/mol. The van der Waals surface area contributed by atoms with E-state index < -0.39 is 0 Å². The van der Waals surface area contributed by atoms with Gasteiger partial charge in [-0.3, -0.25) is 0 Å². The largest absolute Gasteiger partial charge is 0.456 e. The number of halogens is 2. The number of para-hydroxylation sites is 1. The van der Waals surface area contributed by atoms with E-state index in [1.807, 2.05) is 36.2 Å². The molecule has 0 aromatic heterocycles. The van der Waals surface area contributed by atoms with Crippen molar-refractivity contribution in [1.82, 2.24) is 4.90 Å². The normalized spacial score (nSPS) is 22.6. The number of ether oxygens (including phenoxy) is 1. The van der Waals surface area contributed by atoms with E-state index in [2.05, 4.69) is 4.99 Å². The van der Waals surface area contributed by atoms with Gasteiger partial charge < -0.3 is 9.64 Å². The molecule has 1 aromatic carbocycles. The highest BCUT2D eigenvalue weighted by molar-refractivity contribution is 6.65. The fourth-order valence-corrected chi connectivity index (χ4v) is 2.42. The number of nitrogens with zero attached hydrogens (tertiary/aromatic N) is 2. The van der Waals surface area contributed by atoms with E-state index in [0.29, 0.717) is 16.2 Å². The molecule has 0 saturated heterocycles. The van der Waals surface area contributed by atoms with Crippen molar-refractivity contribution in [3.63, 3.8) is 0 Å². The summed E-state index contributed by atoms with van der Waals surface area (Å²) in [5.74, 6) is 1.46. The van der Waals surface area contributed by atoms with Crippen LogP contribution in [0.2, 0.25) is 0 Å². The second-order valence-electron chi connectivity index (χ2n) is 3.69. The van der Waals surface area contributed by atoms with Crippen LogP contribution in [0.3, 0.4) is 0 Å². The van der Waals surface area contributed by atoms with Gasteiger partial charge >= 0.3 is 0 Å². The minimum Gasteiger partial charge on any atom is -0.456 e. The van der Waals surface area contributed by atoms with Crippen LogP contribution in [0, 0.1) is 0 Å². The third kappa shape index (κ3) is 1.25. The molecule has 16 heavy (non-hydrogen) atoms. The van der Waals surface area contributed by atoms with Gasteiger partial charge in [0, 0.05) is 12.6 Å². The molecule has 0 aliphatic carbocycles. The third-order valence-electron chi connectivity index (χ3n) is 2.75. The molecule has 0 amide bonds. The Balaban J connectivity index is 2.18. The van der Waals surface area contributed by atoms with Gasteiger partial charge in [0.15, 0.2) is 10.9 Å². The van der Waals surface area contributed by atoms with Gasteiger partial charge in [0.25, 0.3) is 0 Å². The van der Waals surface area contributed by atoms with E-state index >= 15 is 0 Å². The second kappa shape index (κ2) is 3.40. The summed E-state index contributed by atoms with van der Waals surface area (Å²) in [4.78, 5) is 5.86. The van der Waals surface area contributed by atoms with Crippen molar-refractivity contribution in [2.45, 2.75) is 6.04 Å². The molecular weight excluding hydrogens is 247 g/mol. The van der Waals surface area contributed by atoms with Gasteiger partial charge in [-0.25, -0.2) is 4.99 Å². The summed E-state index contributed by atoms with van der Waals surface area (Å²) in [7, 11) is 1.87. The molecule has 2 aliphatic rings. The van der Waals surface area contributed by atoms with Gasteiger partial charge in [-0.05, 0) is 17.7 Å². The van der Waals surface area contributed by atoms with Crippen LogP contribution in [0.4, 0.5) is 0 Å². The molecule has 0 bridgehead atoms. The Hall–Kier alpha value is -1.19. The average molecular weight is 255 g/mol. The van der Waals surface area contributed by atoms with Crippen LogP contribution in [0.5, 0.6) is 5.75 Å². The highest BCUT2D eigenvalue weighted by atomic mass is 35.5. The molecule has 0 N–H and O–H groups in total. The van der Waals surface area contributed by atoms with Crippen molar-refractivity contribution in [3.8, 4) is 5.75 Å². The van der Waals surface area contributed by atoms with E-state index in [4.69, 9.17) is 27.9 Å². The van der Waals surface area contributed by atoms with Crippen LogP contribution < -0.4 is 4.74 Å². The maximum Gasteiger partial charge on any atom is 0.200 e. The number of amidine groups is 1. The summed E-state index contributed by atoms with van der Waals surface area (Å²) < 4.78 is 5.68. The Bertz CT molecular complexity index is 524. The van der Waals surface area contributed by atoms with E-state index in [1.165, 1.54) is 0 Å². The Labute approximate surface area is 103 Å². The molecule has 1 aromatic rings. The van der Waals surface area contributed by atoms with Gasteiger partial charge in [-0.1, -0.05) is 29.8 Å².